The molecule has 0 atom stereocenters. The smallest absolute Gasteiger partial charge is 0.430 e. The number of benzene rings is 2. The van der Waals surface area contributed by atoms with Gasteiger partial charge in [-0.25, -0.2) is 9.37 Å². The molecular formula is C30H23Cl2F4N5O4. The van der Waals surface area contributed by atoms with Crippen LogP contribution in [0.4, 0.5) is 23.4 Å². The van der Waals surface area contributed by atoms with Crippen molar-refractivity contribution in [1.82, 2.24) is 14.3 Å². The summed E-state index contributed by atoms with van der Waals surface area (Å²) >= 11 is 12.5. The van der Waals surface area contributed by atoms with Gasteiger partial charge in [0.05, 0.1) is 35.3 Å². The van der Waals surface area contributed by atoms with Crippen LogP contribution in [-0.2, 0) is 11.2 Å². The lowest BCUT2D eigenvalue weighted by atomic mass is 10.0. The molecule has 2 aromatic carbocycles. The number of alkyl halides is 3. The van der Waals surface area contributed by atoms with Crippen LogP contribution in [0.25, 0.3) is 16.3 Å². The summed E-state index contributed by atoms with van der Waals surface area (Å²) in [7, 11) is 0. The van der Waals surface area contributed by atoms with Gasteiger partial charge in [0.25, 0.3) is 17.3 Å². The van der Waals surface area contributed by atoms with Crippen LogP contribution in [0.1, 0.15) is 21.6 Å². The van der Waals surface area contributed by atoms with E-state index in [1.54, 1.807) is 27.6 Å². The molecule has 234 valence electrons. The van der Waals surface area contributed by atoms with Crippen molar-refractivity contribution in [3.05, 3.63) is 110 Å². The van der Waals surface area contributed by atoms with Gasteiger partial charge in [0.1, 0.15) is 35.5 Å². The van der Waals surface area contributed by atoms with Crippen LogP contribution in [0, 0.1) is 5.82 Å². The average Bonchev–Trinajstić information content (AvgIpc) is 3.33. The Morgan fingerprint density at radius 1 is 1.00 bits per heavy atom. The van der Waals surface area contributed by atoms with Crippen LogP contribution in [0.15, 0.2) is 71.8 Å². The summed E-state index contributed by atoms with van der Waals surface area (Å²) in [6, 6.07) is 16.2. The highest BCUT2D eigenvalue weighted by Gasteiger charge is 2.30. The largest absolute Gasteiger partial charge is 0.542 e. The van der Waals surface area contributed by atoms with E-state index in [2.05, 4.69) is 27.0 Å². The second-order valence-electron chi connectivity index (χ2n) is 10.1. The van der Waals surface area contributed by atoms with Gasteiger partial charge in [-0.05, 0) is 41.3 Å². The number of hydrogen-bond acceptors (Lipinski definition) is 5. The van der Waals surface area contributed by atoms with Crippen molar-refractivity contribution in [2.24, 2.45) is 0 Å². The Kier molecular flexibility index (Phi) is 9.03. The van der Waals surface area contributed by atoms with Crippen molar-refractivity contribution in [3.8, 4) is 0 Å². The van der Waals surface area contributed by atoms with Crippen LogP contribution < -0.4 is 20.5 Å². The summed E-state index contributed by atoms with van der Waals surface area (Å²) in [5.41, 5.74) is 1.37. The Hall–Kier alpha value is -4.62. The number of H-pyrrole nitrogens is 2. The topological polar surface area (TPSA) is 115 Å². The van der Waals surface area contributed by atoms with Crippen LogP contribution in [0.3, 0.4) is 0 Å². The van der Waals surface area contributed by atoms with E-state index in [1.807, 2.05) is 24.4 Å². The fourth-order valence-electron chi connectivity index (χ4n) is 5.09. The molecule has 5 aromatic rings. The van der Waals surface area contributed by atoms with E-state index in [9.17, 15) is 27.2 Å². The van der Waals surface area contributed by atoms with Crippen molar-refractivity contribution in [2.45, 2.75) is 12.6 Å². The number of aliphatic carboxylic acids is 1. The molecule has 0 radical (unpaired) electrons. The number of piperazine rings is 1. The van der Waals surface area contributed by atoms with Gasteiger partial charge in [0.2, 0.25) is 0 Å². The summed E-state index contributed by atoms with van der Waals surface area (Å²) in [5.74, 6) is -2.91. The maximum absolute atomic E-state index is 14.8. The summed E-state index contributed by atoms with van der Waals surface area (Å²) in [4.78, 5) is 44.3. The third-order valence-corrected chi connectivity index (χ3v) is 8.00. The SMILES string of the molecule is O=C([O-])C(F)(F)F.O=C(c1cc(Cc2c[nH]c(=O)c3cc(Cl)c(Cl)n23)ccc1F)N1CCN(c2[nH+]ccc3ccccc23)CC1. The third-order valence-electron chi connectivity index (χ3n) is 7.25. The van der Waals surface area contributed by atoms with Gasteiger partial charge >= 0.3 is 6.18 Å². The number of hydrogen-bond donors (Lipinski definition) is 1. The van der Waals surface area contributed by atoms with E-state index in [0.717, 1.165) is 16.6 Å². The molecule has 0 saturated carbocycles. The summed E-state index contributed by atoms with van der Waals surface area (Å²) in [6.07, 6.45) is -1.42. The molecule has 4 heterocycles. The molecule has 6 rings (SSSR count). The predicted octanol–water partition coefficient (Wildman–Crippen LogP) is 3.89. The zero-order valence-corrected chi connectivity index (χ0v) is 24.6. The molecule has 1 amide bonds. The lowest BCUT2D eigenvalue weighted by Gasteiger charge is -2.31. The third kappa shape index (κ3) is 6.74. The Bertz CT molecular complexity index is 1970. The molecule has 1 saturated heterocycles. The molecule has 3 aromatic heterocycles. The molecule has 1 aliphatic heterocycles. The van der Waals surface area contributed by atoms with E-state index >= 15 is 0 Å². The normalized spacial score (nSPS) is 13.6. The molecule has 1 fully saturated rings. The lowest BCUT2D eigenvalue weighted by Crippen LogP contribution is -2.50. The molecule has 15 heteroatoms. The van der Waals surface area contributed by atoms with Gasteiger partial charge < -0.3 is 19.8 Å². The molecule has 45 heavy (non-hydrogen) atoms. The zero-order chi connectivity index (χ0) is 32.5. The zero-order valence-electron chi connectivity index (χ0n) is 23.1. The van der Waals surface area contributed by atoms with Crippen LogP contribution in [0.2, 0.25) is 10.2 Å². The second-order valence-corrected chi connectivity index (χ2v) is 10.8. The molecule has 1 aliphatic rings. The van der Waals surface area contributed by atoms with Gasteiger partial charge in [-0.3, -0.25) is 18.9 Å². The minimum atomic E-state index is -5.19. The highest BCUT2D eigenvalue weighted by molar-refractivity contribution is 6.42. The molecule has 9 nitrogen and oxygen atoms in total. The maximum atomic E-state index is 14.8. The number of aromatic nitrogens is 3. The highest BCUT2D eigenvalue weighted by Crippen LogP contribution is 2.27. The number of carbonyl (C=O) groups excluding carboxylic acids is 2. The van der Waals surface area contributed by atoms with Crippen LogP contribution in [-0.4, -0.2) is 58.5 Å². The number of fused-ring (bicyclic) bond motifs is 2. The van der Waals surface area contributed by atoms with Gasteiger partial charge in [-0.1, -0.05) is 47.5 Å². The van der Waals surface area contributed by atoms with Crippen molar-refractivity contribution < 1.29 is 37.2 Å². The van der Waals surface area contributed by atoms with Gasteiger partial charge in [0, 0.05) is 18.3 Å². The number of amides is 1. The number of nitrogens with zero attached hydrogens (tertiary/aromatic N) is 3. The van der Waals surface area contributed by atoms with E-state index in [4.69, 9.17) is 33.1 Å². The molecule has 0 spiro atoms. The molecule has 0 bridgehead atoms. The number of aromatic amines is 2. The summed E-state index contributed by atoms with van der Waals surface area (Å²) in [6.45, 7) is 2.19. The minimum Gasteiger partial charge on any atom is -0.542 e. The first kappa shape index (κ1) is 31.8. The van der Waals surface area contributed by atoms with Gasteiger partial charge in [0.15, 0.2) is 0 Å². The monoisotopic (exact) mass is 663 g/mol. The maximum Gasteiger partial charge on any atom is 0.430 e. The van der Waals surface area contributed by atoms with Crippen molar-refractivity contribution in [1.29, 1.82) is 0 Å². The van der Waals surface area contributed by atoms with Gasteiger partial charge in [-0.2, -0.15) is 13.2 Å². The predicted molar refractivity (Wildman–Crippen MR) is 157 cm³/mol. The van der Waals surface area contributed by atoms with E-state index in [-0.39, 0.29) is 27.2 Å². The number of carboxylic acid groups (broad SMARTS) is 1. The highest BCUT2D eigenvalue weighted by atomic mass is 35.5. The van der Waals surface area contributed by atoms with Crippen molar-refractivity contribution >= 4 is 57.2 Å². The lowest BCUT2D eigenvalue weighted by molar-refractivity contribution is -0.362. The first-order valence-electron chi connectivity index (χ1n) is 13.4. The standard InChI is InChI=1S/C28H22Cl2FN5O2.C2HF3O2/c29-22-15-24-27(37)33-16-19(36(24)25(22)30)13-17-5-6-23(31)21(14-17)28(38)35-11-9-34(10-12-35)26-20-4-2-1-3-18(20)7-8-32-26;3-2(4,5)1(6)7/h1-8,14-16H,9-13H2,(H,33,37);(H,6,7). The van der Waals surface area contributed by atoms with E-state index in [0.29, 0.717) is 49.4 Å². The Morgan fingerprint density at radius 3 is 2.38 bits per heavy atom. The number of pyridine rings is 1. The quantitative estimate of drug-likeness (QED) is 0.293. The summed E-state index contributed by atoms with van der Waals surface area (Å²) < 4.78 is 48.0. The number of anilines is 1. The van der Waals surface area contributed by atoms with Crippen molar-refractivity contribution in [2.75, 3.05) is 31.1 Å². The molecule has 0 unspecified atom stereocenters. The van der Waals surface area contributed by atoms with E-state index < -0.39 is 18.0 Å². The number of rotatable bonds is 4. The first-order chi connectivity index (χ1) is 21.3. The Balaban J connectivity index is 0.000000515. The van der Waals surface area contributed by atoms with E-state index in [1.165, 1.54) is 12.1 Å². The van der Waals surface area contributed by atoms with Gasteiger partial charge in [-0.15, -0.1) is 0 Å². The Labute approximate surface area is 262 Å². The number of halogens is 6. The molecule has 2 N–H and O–H groups in total. The average molecular weight is 664 g/mol. The number of nitrogens with one attached hydrogen (secondary N) is 2. The number of carboxylic acids is 1. The minimum absolute atomic E-state index is 0.0185. The number of carbonyl (C=O) groups is 2. The fourth-order valence-corrected chi connectivity index (χ4v) is 5.53. The summed E-state index contributed by atoms with van der Waals surface area (Å²) in [5, 5.41) is 11.5. The fraction of sp³-hybridized carbons (Fsp3) is 0.200. The van der Waals surface area contributed by atoms with Crippen molar-refractivity contribution in [3.63, 3.8) is 0 Å². The van der Waals surface area contributed by atoms with Crippen LogP contribution >= 0.6 is 23.2 Å². The second kappa shape index (κ2) is 12.8. The molecule has 0 aliphatic carbocycles. The molecular weight excluding hydrogens is 641 g/mol. The van der Waals surface area contributed by atoms with Crippen LogP contribution in [0.5, 0.6) is 0 Å². The first-order valence-corrected chi connectivity index (χ1v) is 14.2. The Morgan fingerprint density at radius 2 is 1.69 bits per heavy atom.